The number of rotatable bonds is 0. The summed E-state index contributed by atoms with van der Waals surface area (Å²) in [5.41, 5.74) is 7.45. The van der Waals surface area contributed by atoms with Gasteiger partial charge in [-0.05, 0) is 35.1 Å². The van der Waals surface area contributed by atoms with Crippen molar-refractivity contribution in [1.29, 1.82) is 0 Å². The van der Waals surface area contributed by atoms with E-state index in [1.54, 1.807) is 6.07 Å². The first-order valence-corrected chi connectivity index (χ1v) is 5.15. The van der Waals surface area contributed by atoms with Crippen LogP contribution in [0.3, 0.4) is 0 Å². The molecule has 0 aromatic heterocycles. The number of hydrogen-bond acceptors (Lipinski definition) is 2. The Balaban J connectivity index is 2.59. The number of aliphatic hydroxyl groups is 1. The van der Waals surface area contributed by atoms with Gasteiger partial charge in [0.05, 0.1) is 12.1 Å². The summed E-state index contributed by atoms with van der Waals surface area (Å²) in [5.74, 6) is -0.245. The number of halogens is 1. The van der Waals surface area contributed by atoms with Crippen LogP contribution in [0.25, 0.3) is 0 Å². The van der Waals surface area contributed by atoms with Crippen LogP contribution in [0.15, 0.2) is 18.2 Å². The van der Waals surface area contributed by atoms with Crippen molar-refractivity contribution < 1.29 is 9.50 Å². The van der Waals surface area contributed by atoms with E-state index in [4.69, 9.17) is 5.73 Å². The van der Waals surface area contributed by atoms with Crippen LogP contribution in [0.4, 0.5) is 4.39 Å². The lowest BCUT2D eigenvalue weighted by molar-refractivity contribution is 0.0993. The summed E-state index contributed by atoms with van der Waals surface area (Å²) in [6.45, 7) is 4.00. The third-order valence-corrected chi connectivity index (χ3v) is 3.24. The number of benzene rings is 1. The molecule has 0 aliphatic heterocycles. The normalized spacial score (nSPS) is 28.6. The van der Waals surface area contributed by atoms with Gasteiger partial charge in [-0.1, -0.05) is 19.9 Å². The molecule has 0 unspecified atom stereocenters. The highest BCUT2D eigenvalue weighted by atomic mass is 19.1. The van der Waals surface area contributed by atoms with Crippen LogP contribution in [0, 0.1) is 5.82 Å². The first-order chi connectivity index (χ1) is 6.92. The molecule has 0 saturated heterocycles. The van der Waals surface area contributed by atoms with Crippen LogP contribution < -0.4 is 5.73 Å². The molecule has 3 heteroatoms. The van der Waals surface area contributed by atoms with Gasteiger partial charge in [0.2, 0.25) is 0 Å². The van der Waals surface area contributed by atoms with Crippen molar-refractivity contribution in [2.24, 2.45) is 5.73 Å². The highest BCUT2D eigenvalue weighted by Crippen LogP contribution is 2.40. The molecule has 0 bridgehead atoms. The molecule has 1 aromatic carbocycles. The first-order valence-electron chi connectivity index (χ1n) is 5.15. The minimum Gasteiger partial charge on any atom is -0.391 e. The Hall–Kier alpha value is -0.930. The van der Waals surface area contributed by atoms with Crippen molar-refractivity contribution in [2.75, 3.05) is 0 Å². The summed E-state index contributed by atoms with van der Waals surface area (Å²) >= 11 is 0. The molecule has 0 saturated carbocycles. The van der Waals surface area contributed by atoms with E-state index < -0.39 is 12.1 Å². The zero-order valence-electron chi connectivity index (χ0n) is 9.00. The molecule has 0 amide bonds. The maximum Gasteiger partial charge on any atom is 0.123 e. The van der Waals surface area contributed by atoms with Crippen LogP contribution in [-0.2, 0) is 5.41 Å². The fourth-order valence-corrected chi connectivity index (χ4v) is 2.37. The predicted octanol–water partition coefficient (Wildman–Crippen LogP) is 1.87. The summed E-state index contributed by atoms with van der Waals surface area (Å²) in [6.07, 6.45) is 0.0305. The molecule has 1 aliphatic rings. The van der Waals surface area contributed by atoms with Crippen LogP contribution in [0.5, 0.6) is 0 Å². The number of hydrogen-bond donors (Lipinski definition) is 2. The van der Waals surface area contributed by atoms with Gasteiger partial charge in [-0.25, -0.2) is 4.39 Å². The van der Waals surface area contributed by atoms with Crippen molar-refractivity contribution in [2.45, 2.75) is 37.8 Å². The Bertz CT molecular complexity index is 389. The fourth-order valence-electron chi connectivity index (χ4n) is 2.37. The third-order valence-electron chi connectivity index (χ3n) is 3.24. The SMILES string of the molecule is CC1(C)C[C@@H](O)[C@H](N)c2ccc(F)cc21. The Labute approximate surface area is 88.9 Å². The molecule has 2 atom stereocenters. The molecule has 0 spiro atoms. The van der Waals surface area contributed by atoms with Crippen LogP contribution >= 0.6 is 0 Å². The van der Waals surface area contributed by atoms with Gasteiger partial charge in [-0.15, -0.1) is 0 Å². The monoisotopic (exact) mass is 209 g/mol. The van der Waals surface area contributed by atoms with E-state index in [0.29, 0.717) is 6.42 Å². The molecule has 0 heterocycles. The standard InChI is InChI=1S/C12H16FNO/c1-12(2)6-10(15)11(14)8-4-3-7(13)5-9(8)12/h3-5,10-11,15H,6,14H2,1-2H3/t10-,11-/m1/s1. The molecule has 15 heavy (non-hydrogen) atoms. The lowest BCUT2D eigenvalue weighted by Crippen LogP contribution is -2.39. The van der Waals surface area contributed by atoms with Crippen molar-refractivity contribution in [3.05, 3.63) is 35.1 Å². The second-order valence-corrected chi connectivity index (χ2v) is 4.91. The molecule has 1 aromatic rings. The minimum absolute atomic E-state index is 0.216. The lowest BCUT2D eigenvalue weighted by Gasteiger charge is -2.38. The lowest BCUT2D eigenvalue weighted by atomic mass is 9.70. The van der Waals surface area contributed by atoms with Crippen LogP contribution in [-0.4, -0.2) is 11.2 Å². The second-order valence-electron chi connectivity index (χ2n) is 4.91. The molecule has 3 N–H and O–H groups in total. The van der Waals surface area contributed by atoms with Crippen molar-refractivity contribution >= 4 is 0 Å². The van der Waals surface area contributed by atoms with Gasteiger partial charge in [-0.2, -0.15) is 0 Å². The quantitative estimate of drug-likeness (QED) is 0.685. The molecule has 0 radical (unpaired) electrons. The summed E-state index contributed by atoms with van der Waals surface area (Å²) in [4.78, 5) is 0. The summed E-state index contributed by atoms with van der Waals surface area (Å²) in [6, 6.07) is 4.21. The van der Waals surface area contributed by atoms with Gasteiger partial charge in [0.15, 0.2) is 0 Å². The summed E-state index contributed by atoms with van der Waals surface area (Å²) in [7, 11) is 0. The van der Waals surface area contributed by atoms with Gasteiger partial charge in [0.1, 0.15) is 5.82 Å². The van der Waals surface area contributed by atoms with E-state index in [-0.39, 0.29) is 11.2 Å². The van der Waals surface area contributed by atoms with Crippen LogP contribution in [0.1, 0.15) is 37.4 Å². The Morgan fingerprint density at radius 1 is 1.47 bits per heavy atom. The highest BCUT2D eigenvalue weighted by Gasteiger charge is 2.36. The van der Waals surface area contributed by atoms with Gasteiger partial charge < -0.3 is 10.8 Å². The number of fused-ring (bicyclic) bond motifs is 1. The van der Waals surface area contributed by atoms with Gasteiger partial charge >= 0.3 is 0 Å². The molecular weight excluding hydrogens is 193 g/mol. The van der Waals surface area contributed by atoms with Gasteiger partial charge in [-0.3, -0.25) is 0 Å². The van der Waals surface area contributed by atoms with Gasteiger partial charge in [0, 0.05) is 0 Å². The van der Waals surface area contributed by atoms with E-state index in [2.05, 4.69) is 0 Å². The minimum atomic E-state index is -0.544. The smallest absolute Gasteiger partial charge is 0.123 e. The second kappa shape index (κ2) is 3.29. The Morgan fingerprint density at radius 2 is 2.13 bits per heavy atom. The maximum absolute atomic E-state index is 13.2. The van der Waals surface area contributed by atoms with Crippen molar-refractivity contribution in [3.63, 3.8) is 0 Å². The van der Waals surface area contributed by atoms with Crippen molar-refractivity contribution in [3.8, 4) is 0 Å². The molecule has 2 nitrogen and oxygen atoms in total. The summed E-state index contributed by atoms with van der Waals surface area (Å²) < 4.78 is 13.2. The summed E-state index contributed by atoms with van der Waals surface area (Å²) in [5, 5.41) is 9.81. The molecular formula is C12H16FNO. The molecule has 2 rings (SSSR count). The molecule has 82 valence electrons. The first kappa shape index (κ1) is 10.6. The average Bonchev–Trinajstić information content (AvgIpc) is 2.14. The predicted molar refractivity (Wildman–Crippen MR) is 57.0 cm³/mol. The third kappa shape index (κ3) is 1.66. The van der Waals surface area contributed by atoms with E-state index in [1.165, 1.54) is 12.1 Å². The van der Waals surface area contributed by atoms with Crippen molar-refractivity contribution in [1.82, 2.24) is 0 Å². The topological polar surface area (TPSA) is 46.2 Å². The van der Waals surface area contributed by atoms with E-state index in [9.17, 15) is 9.50 Å². The maximum atomic E-state index is 13.2. The number of nitrogens with two attached hydrogens (primary N) is 1. The largest absolute Gasteiger partial charge is 0.391 e. The highest BCUT2D eigenvalue weighted by molar-refractivity contribution is 5.39. The van der Waals surface area contributed by atoms with Crippen LogP contribution in [0.2, 0.25) is 0 Å². The van der Waals surface area contributed by atoms with Gasteiger partial charge in [0.25, 0.3) is 0 Å². The molecule has 0 fully saturated rings. The van der Waals surface area contributed by atoms with E-state index >= 15 is 0 Å². The Kier molecular flexibility index (Phi) is 2.32. The number of aliphatic hydroxyl groups excluding tert-OH is 1. The van der Waals surface area contributed by atoms with E-state index in [1.807, 2.05) is 13.8 Å². The fraction of sp³-hybridized carbons (Fsp3) is 0.500. The molecule has 1 aliphatic carbocycles. The average molecular weight is 209 g/mol. The zero-order chi connectivity index (χ0) is 11.2. The zero-order valence-corrected chi connectivity index (χ0v) is 9.00. The Morgan fingerprint density at radius 3 is 2.80 bits per heavy atom. The van der Waals surface area contributed by atoms with E-state index in [0.717, 1.165) is 11.1 Å².